The molecule has 3 aromatic carbocycles. The molecule has 0 fully saturated rings. The monoisotopic (exact) mass is 360 g/mol. The van der Waals surface area contributed by atoms with E-state index in [1.807, 2.05) is 42.5 Å². The second-order valence-corrected chi connectivity index (χ2v) is 5.75. The third kappa shape index (κ3) is 2.73. The van der Waals surface area contributed by atoms with Crippen molar-refractivity contribution >= 4 is 16.5 Å². The van der Waals surface area contributed by atoms with Crippen LogP contribution in [0.2, 0.25) is 0 Å². The molecule has 4 rings (SSSR count). The van der Waals surface area contributed by atoms with E-state index in [-0.39, 0.29) is 11.5 Å². The number of hydrogen-bond donors (Lipinski definition) is 2. The van der Waals surface area contributed by atoms with Crippen LogP contribution in [0, 0.1) is 0 Å². The maximum Gasteiger partial charge on any atom is 0.208 e. The number of methoxy groups -OCH3 is 1. The fourth-order valence-electron chi connectivity index (χ4n) is 3.02. The molecule has 0 saturated heterocycles. The second kappa shape index (κ2) is 6.75. The Balaban J connectivity index is 1.91. The van der Waals surface area contributed by atoms with Crippen LogP contribution in [0.5, 0.6) is 11.5 Å². The van der Waals surface area contributed by atoms with E-state index in [0.717, 1.165) is 16.5 Å². The number of fused-ring (bicyclic) bond motifs is 1. The Morgan fingerprint density at radius 2 is 1.85 bits per heavy atom. The third-order valence-corrected chi connectivity index (χ3v) is 4.28. The number of rotatable bonds is 4. The highest BCUT2D eigenvalue weighted by Crippen LogP contribution is 2.31. The lowest BCUT2D eigenvalue weighted by atomic mass is 10.1. The Hall–Kier alpha value is -3.94. The van der Waals surface area contributed by atoms with Gasteiger partial charge >= 0.3 is 0 Å². The molecule has 0 aliphatic rings. The Labute approximate surface area is 154 Å². The van der Waals surface area contributed by atoms with Gasteiger partial charge in [0, 0.05) is 5.39 Å². The molecular weight excluding hydrogens is 344 g/mol. The van der Waals surface area contributed by atoms with Gasteiger partial charge in [-0.1, -0.05) is 42.5 Å². The van der Waals surface area contributed by atoms with Gasteiger partial charge in [-0.3, -0.25) is 0 Å². The van der Waals surface area contributed by atoms with E-state index in [1.54, 1.807) is 22.9 Å². The van der Waals surface area contributed by atoms with Crippen molar-refractivity contribution in [3.05, 3.63) is 72.1 Å². The fraction of sp³-hybridized carbons (Fsp3) is 0.0526. The van der Waals surface area contributed by atoms with E-state index in [9.17, 15) is 5.11 Å². The van der Waals surface area contributed by atoms with E-state index in [1.165, 1.54) is 7.11 Å². The molecule has 1 heterocycles. The molecule has 0 aliphatic carbocycles. The number of nitrogens with two attached hydrogens (primary N) is 1. The van der Waals surface area contributed by atoms with Crippen LogP contribution in [-0.2, 0) is 0 Å². The number of aromatic hydroxyl groups is 1. The highest BCUT2D eigenvalue weighted by Gasteiger charge is 2.22. The van der Waals surface area contributed by atoms with E-state index in [4.69, 9.17) is 10.6 Å². The molecule has 8 heteroatoms. The first-order chi connectivity index (χ1) is 13.2. The number of phenols is 1. The van der Waals surface area contributed by atoms with Crippen molar-refractivity contribution in [3.63, 3.8) is 0 Å². The zero-order valence-corrected chi connectivity index (χ0v) is 14.4. The van der Waals surface area contributed by atoms with Crippen molar-refractivity contribution in [2.75, 3.05) is 7.11 Å². The van der Waals surface area contributed by atoms with Crippen LogP contribution in [-0.4, -0.2) is 38.1 Å². The molecule has 0 aliphatic heterocycles. The van der Waals surface area contributed by atoms with Crippen molar-refractivity contribution in [2.24, 2.45) is 10.9 Å². The van der Waals surface area contributed by atoms with E-state index < -0.39 is 0 Å². The first kappa shape index (κ1) is 16.5. The highest BCUT2D eigenvalue weighted by molar-refractivity contribution is 6.13. The maximum absolute atomic E-state index is 10.5. The Morgan fingerprint density at radius 1 is 1.07 bits per heavy atom. The molecule has 1 aromatic heterocycles. The largest absolute Gasteiger partial charge is 0.504 e. The standard InChI is InChI=1S/C19H16N6O2/c1-27-16-11-5-9-14(18(16)26)17(21-20)19-22-23-24-25(19)15-10-4-7-12-6-2-3-8-13(12)15/h2-11,26H,20H2,1H3/b21-17+. The third-order valence-electron chi connectivity index (χ3n) is 4.28. The summed E-state index contributed by atoms with van der Waals surface area (Å²) in [5, 5.41) is 28.3. The number of hydrogen-bond acceptors (Lipinski definition) is 7. The summed E-state index contributed by atoms with van der Waals surface area (Å²) in [5.74, 6) is 6.16. The first-order valence-electron chi connectivity index (χ1n) is 8.15. The van der Waals surface area contributed by atoms with Gasteiger partial charge < -0.3 is 15.7 Å². The molecule has 0 atom stereocenters. The molecule has 0 radical (unpaired) electrons. The molecule has 0 amide bonds. The number of hydrazone groups is 1. The van der Waals surface area contributed by atoms with Crippen LogP contribution in [0.3, 0.4) is 0 Å². The minimum atomic E-state index is -0.0864. The van der Waals surface area contributed by atoms with Crippen LogP contribution in [0.4, 0.5) is 0 Å². The molecule has 0 spiro atoms. The number of phenolic OH excluding ortho intramolecular Hbond substituents is 1. The molecule has 0 saturated carbocycles. The van der Waals surface area contributed by atoms with Crippen molar-refractivity contribution in [2.45, 2.75) is 0 Å². The summed E-state index contributed by atoms with van der Waals surface area (Å²) in [7, 11) is 1.47. The maximum atomic E-state index is 10.5. The lowest BCUT2D eigenvalue weighted by Crippen LogP contribution is -2.15. The first-order valence-corrected chi connectivity index (χ1v) is 8.15. The van der Waals surface area contributed by atoms with Crippen LogP contribution < -0.4 is 10.6 Å². The van der Waals surface area contributed by atoms with Gasteiger partial charge in [0.1, 0.15) is 5.71 Å². The number of aromatic nitrogens is 4. The lowest BCUT2D eigenvalue weighted by Gasteiger charge is -2.12. The van der Waals surface area contributed by atoms with Crippen LogP contribution in [0.25, 0.3) is 16.5 Å². The summed E-state index contributed by atoms with van der Waals surface area (Å²) in [6.07, 6.45) is 0. The lowest BCUT2D eigenvalue weighted by molar-refractivity contribution is 0.373. The van der Waals surface area contributed by atoms with E-state index in [2.05, 4.69) is 20.6 Å². The highest BCUT2D eigenvalue weighted by atomic mass is 16.5. The van der Waals surface area contributed by atoms with E-state index in [0.29, 0.717) is 17.1 Å². The number of tetrazole rings is 1. The molecule has 0 unspecified atom stereocenters. The normalized spacial score (nSPS) is 11.7. The Bertz CT molecular complexity index is 1150. The number of benzene rings is 3. The Kier molecular flexibility index (Phi) is 4.13. The molecule has 27 heavy (non-hydrogen) atoms. The molecule has 8 nitrogen and oxygen atoms in total. The molecule has 3 N–H and O–H groups in total. The molecular formula is C19H16N6O2. The average Bonchev–Trinajstić information content (AvgIpc) is 3.18. The Morgan fingerprint density at radius 3 is 2.67 bits per heavy atom. The SMILES string of the molecule is COc1cccc(/C(=N\N)c2nnnn2-c2cccc3ccccc23)c1O. The van der Waals surface area contributed by atoms with Crippen molar-refractivity contribution in [1.82, 2.24) is 20.2 Å². The predicted octanol–water partition coefficient (Wildman–Crippen LogP) is 2.24. The van der Waals surface area contributed by atoms with Crippen molar-refractivity contribution < 1.29 is 9.84 Å². The van der Waals surface area contributed by atoms with Gasteiger partial charge in [0.2, 0.25) is 5.82 Å². The van der Waals surface area contributed by atoms with Crippen molar-refractivity contribution in [3.8, 4) is 17.2 Å². The molecule has 0 bridgehead atoms. The minimum absolute atomic E-state index is 0.0864. The summed E-state index contributed by atoms with van der Waals surface area (Å²) in [6.45, 7) is 0. The smallest absolute Gasteiger partial charge is 0.208 e. The quantitative estimate of drug-likeness (QED) is 0.328. The predicted molar refractivity (Wildman–Crippen MR) is 101 cm³/mol. The zero-order valence-electron chi connectivity index (χ0n) is 14.4. The van der Waals surface area contributed by atoms with E-state index >= 15 is 0 Å². The summed E-state index contributed by atoms with van der Waals surface area (Å²) >= 11 is 0. The molecule has 4 aromatic rings. The van der Waals surface area contributed by atoms with Gasteiger partial charge in [0.25, 0.3) is 0 Å². The topological polar surface area (TPSA) is 111 Å². The van der Waals surface area contributed by atoms with Crippen LogP contribution in [0.15, 0.2) is 65.8 Å². The van der Waals surface area contributed by atoms with Gasteiger partial charge in [-0.05, 0) is 34.0 Å². The number of nitrogens with zero attached hydrogens (tertiary/aromatic N) is 5. The van der Waals surface area contributed by atoms with Gasteiger partial charge in [0.05, 0.1) is 18.4 Å². The number of ether oxygens (including phenoxy) is 1. The minimum Gasteiger partial charge on any atom is -0.504 e. The second-order valence-electron chi connectivity index (χ2n) is 5.75. The molecule has 134 valence electrons. The fourth-order valence-corrected chi connectivity index (χ4v) is 3.02. The van der Waals surface area contributed by atoms with Gasteiger partial charge in [0.15, 0.2) is 11.5 Å². The summed E-state index contributed by atoms with van der Waals surface area (Å²) in [5.41, 5.74) is 1.38. The van der Waals surface area contributed by atoms with Gasteiger partial charge in [-0.2, -0.15) is 9.78 Å². The summed E-state index contributed by atoms with van der Waals surface area (Å²) < 4.78 is 6.71. The summed E-state index contributed by atoms with van der Waals surface area (Å²) in [6, 6.07) is 18.8. The van der Waals surface area contributed by atoms with Crippen molar-refractivity contribution in [1.29, 1.82) is 0 Å². The number of para-hydroxylation sites is 1. The van der Waals surface area contributed by atoms with Gasteiger partial charge in [-0.25, -0.2) is 0 Å². The van der Waals surface area contributed by atoms with Gasteiger partial charge in [-0.15, -0.1) is 5.10 Å². The van der Waals surface area contributed by atoms with Crippen LogP contribution >= 0.6 is 0 Å². The average molecular weight is 360 g/mol. The summed E-state index contributed by atoms with van der Waals surface area (Å²) in [4.78, 5) is 0. The zero-order chi connectivity index (χ0) is 18.8. The van der Waals surface area contributed by atoms with Crippen LogP contribution in [0.1, 0.15) is 11.4 Å².